The van der Waals surface area contributed by atoms with E-state index < -0.39 is 5.91 Å². The summed E-state index contributed by atoms with van der Waals surface area (Å²) in [6, 6.07) is -0.228. The van der Waals surface area contributed by atoms with Gasteiger partial charge in [0.2, 0.25) is 11.8 Å². The van der Waals surface area contributed by atoms with Crippen LogP contribution in [0.3, 0.4) is 0 Å². The molecule has 0 rings (SSSR count). The largest absolute Gasteiger partial charge is 0.394 e. The second-order valence-corrected chi connectivity index (χ2v) is 4.58. The Morgan fingerprint density at radius 3 is 2.19 bits per heavy atom. The van der Waals surface area contributed by atoms with Crippen molar-refractivity contribution in [3.63, 3.8) is 0 Å². The maximum Gasteiger partial charge on any atom is 0.220 e. The summed E-state index contributed by atoms with van der Waals surface area (Å²) in [5.41, 5.74) is 5.03. The van der Waals surface area contributed by atoms with E-state index in [4.69, 9.17) is 10.8 Å². The van der Waals surface area contributed by atoms with Gasteiger partial charge < -0.3 is 16.2 Å². The van der Waals surface area contributed by atoms with Gasteiger partial charge in [0.15, 0.2) is 0 Å². The first kappa shape index (κ1) is 14.9. The van der Waals surface area contributed by atoms with Crippen molar-refractivity contribution in [3.8, 4) is 0 Å². The predicted octanol–water partition coefficient (Wildman–Crippen LogP) is 0.0211. The lowest BCUT2D eigenvalue weighted by Crippen LogP contribution is -2.41. The maximum atomic E-state index is 11.5. The van der Waals surface area contributed by atoms with E-state index in [9.17, 15) is 9.59 Å². The van der Waals surface area contributed by atoms with Crippen molar-refractivity contribution in [2.45, 2.75) is 39.7 Å². The molecule has 16 heavy (non-hydrogen) atoms. The van der Waals surface area contributed by atoms with Gasteiger partial charge in [0.25, 0.3) is 0 Å². The molecule has 4 N–H and O–H groups in total. The monoisotopic (exact) mass is 230 g/mol. The van der Waals surface area contributed by atoms with Crippen molar-refractivity contribution < 1.29 is 14.7 Å². The van der Waals surface area contributed by atoms with Crippen LogP contribution in [0.25, 0.3) is 0 Å². The molecule has 0 bridgehead atoms. The van der Waals surface area contributed by atoms with Crippen molar-refractivity contribution >= 4 is 11.8 Å². The third-order valence-electron chi connectivity index (χ3n) is 2.43. The highest BCUT2D eigenvalue weighted by Crippen LogP contribution is 2.08. The molecule has 0 saturated carbocycles. The first-order valence-corrected chi connectivity index (χ1v) is 5.55. The van der Waals surface area contributed by atoms with Crippen LogP contribution in [0.15, 0.2) is 0 Å². The van der Waals surface area contributed by atoms with E-state index in [1.165, 1.54) is 0 Å². The molecule has 0 aliphatic carbocycles. The van der Waals surface area contributed by atoms with Crippen LogP contribution in [0.2, 0.25) is 0 Å². The fourth-order valence-electron chi connectivity index (χ4n) is 1.42. The first-order chi connectivity index (χ1) is 7.36. The smallest absolute Gasteiger partial charge is 0.220 e. The zero-order valence-electron chi connectivity index (χ0n) is 10.2. The summed E-state index contributed by atoms with van der Waals surface area (Å²) in [6.45, 7) is 5.57. The van der Waals surface area contributed by atoms with Crippen LogP contribution in [-0.2, 0) is 9.59 Å². The van der Waals surface area contributed by atoms with Gasteiger partial charge >= 0.3 is 0 Å². The van der Waals surface area contributed by atoms with E-state index in [1.54, 1.807) is 6.92 Å². The zero-order valence-corrected chi connectivity index (χ0v) is 10.2. The number of carbonyl (C=O) groups is 2. The SMILES string of the molecule is CC(C)[C@@H](CO)NC(=O)C[C@H](C)CC(N)=O. The van der Waals surface area contributed by atoms with Gasteiger partial charge in [-0.15, -0.1) is 0 Å². The summed E-state index contributed by atoms with van der Waals surface area (Å²) in [5, 5.41) is 11.8. The Kier molecular flexibility index (Phi) is 6.72. The van der Waals surface area contributed by atoms with Gasteiger partial charge in [0.05, 0.1) is 12.6 Å². The van der Waals surface area contributed by atoms with Gasteiger partial charge in [-0.3, -0.25) is 9.59 Å². The van der Waals surface area contributed by atoms with Gasteiger partial charge in [-0.2, -0.15) is 0 Å². The molecule has 94 valence electrons. The number of nitrogens with two attached hydrogens (primary N) is 1. The summed E-state index contributed by atoms with van der Waals surface area (Å²) in [7, 11) is 0. The zero-order chi connectivity index (χ0) is 12.7. The molecular weight excluding hydrogens is 208 g/mol. The number of rotatable bonds is 7. The van der Waals surface area contributed by atoms with Crippen molar-refractivity contribution in [2.24, 2.45) is 17.6 Å². The fraction of sp³-hybridized carbons (Fsp3) is 0.818. The summed E-state index contributed by atoms with van der Waals surface area (Å²) < 4.78 is 0. The molecule has 0 aromatic heterocycles. The lowest BCUT2D eigenvalue weighted by atomic mass is 10.0. The van der Waals surface area contributed by atoms with Crippen molar-refractivity contribution in [1.82, 2.24) is 5.32 Å². The lowest BCUT2D eigenvalue weighted by Gasteiger charge is -2.20. The molecule has 0 aliphatic rings. The quantitative estimate of drug-likeness (QED) is 0.575. The third-order valence-corrected chi connectivity index (χ3v) is 2.43. The Labute approximate surface area is 96.4 Å². The number of aliphatic hydroxyl groups excluding tert-OH is 1. The number of nitrogens with one attached hydrogen (secondary N) is 1. The van der Waals surface area contributed by atoms with E-state index in [0.29, 0.717) is 0 Å². The average molecular weight is 230 g/mol. The molecule has 2 amide bonds. The van der Waals surface area contributed by atoms with Crippen LogP contribution in [-0.4, -0.2) is 29.6 Å². The van der Waals surface area contributed by atoms with Crippen LogP contribution >= 0.6 is 0 Å². The Balaban J connectivity index is 4.01. The molecule has 0 aromatic rings. The second kappa shape index (κ2) is 7.22. The summed E-state index contributed by atoms with van der Waals surface area (Å²) >= 11 is 0. The molecule has 5 nitrogen and oxygen atoms in total. The Hall–Kier alpha value is -1.10. The minimum absolute atomic E-state index is 0.0657. The van der Waals surface area contributed by atoms with E-state index >= 15 is 0 Å². The van der Waals surface area contributed by atoms with Crippen LogP contribution in [0, 0.1) is 11.8 Å². The predicted molar refractivity (Wildman–Crippen MR) is 61.4 cm³/mol. The van der Waals surface area contributed by atoms with E-state index in [2.05, 4.69) is 5.32 Å². The summed E-state index contributed by atoms with van der Waals surface area (Å²) in [5.74, 6) is -0.436. The third kappa shape index (κ3) is 6.40. The standard InChI is InChI=1S/C11H22N2O3/c1-7(2)9(6-14)13-11(16)5-8(3)4-10(12)15/h7-9,14H,4-6H2,1-3H3,(H2,12,15)(H,13,16)/t8-,9-/m1/s1. The molecule has 0 aliphatic heterocycles. The van der Waals surface area contributed by atoms with E-state index in [-0.39, 0.29) is 43.2 Å². The highest BCUT2D eigenvalue weighted by Gasteiger charge is 2.17. The topological polar surface area (TPSA) is 92.4 Å². The average Bonchev–Trinajstić information content (AvgIpc) is 2.11. The van der Waals surface area contributed by atoms with E-state index in [1.807, 2.05) is 13.8 Å². The number of hydrogen-bond donors (Lipinski definition) is 3. The number of carbonyl (C=O) groups excluding carboxylic acids is 2. The van der Waals surface area contributed by atoms with Crippen LogP contribution < -0.4 is 11.1 Å². The molecule has 0 aromatic carbocycles. The Bertz CT molecular complexity index is 241. The van der Waals surface area contributed by atoms with Crippen LogP contribution in [0.1, 0.15) is 33.6 Å². The fourth-order valence-corrected chi connectivity index (χ4v) is 1.42. The highest BCUT2D eigenvalue weighted by molar-refractivity contribution is 5.78. The Morgan fingerprint density at radius 1 is 1.25 bits per heavy atom. The summed E-state index contributed by atoms with van der Waals surface area (Å²) in [4.78, 5) is 22.2. The maximum absolute atomic E-state index is 11.5. The molecule has 0 radical (unpaired) electrons. The van der Waals surface area contributed by atoms with E-state index in [0.717, 1.165) is 0 Å². The van der Waals surface area contributed by atoms with Gasteiger partial charge in [0, 0.05) is 12.8 Å². The van der Waals surface area contributed by atoms with Crippen molar-refractivity contribution in [2.75, 3.05) is 6.61 Å². The second-order valence-electron chi connectivity index (χ2n) is 4.58. The van der Waals surface area contributed by atoms with Crippen LogP contribution in [0.4, 0.5) is 0 Å². The molecule has 2 atom stereocenters. The molecule has 0 fully saturated rings. The number of amides is 2. The lowest BCUT2D eigenvalue weighted by molar-refractivity contribution is -0.123. The Morgan fingerprint density at radius 2 is 1.81 bits per heavy atom. The van der Waals surface area contributed by atoms with Crippen molar-refractivity contribution in [1.29, 1.82) is 0 Å². The minimum atomic E-state index is -0.400. The van der Waals surface area contributed by atoms with Gasteiger partial charge in [0.1, 0.15) is 0 Å². The summed E-state index contributed by atoms with van der Waals surface area (Å²) in [6.07, 6.45) is 0.463. The van der Waals surface area contributed by atoms with Gasteiger partial charge in [-0.1, -0.05) is 20.8 Å². The van der Waals surface area contributed by atoms with Crippen molar-refractivity contribution in [3.05, 3.63) is 0 Å². The highest BCUT2D eigenvalue weighted by atomic mass is 16.3. The number of hydrogen-bond acceptors (Lipinski definition) is 3. The first-order valence-electron chi connectivity index (χ1n) is 5.55. The minimum Gasteiger partial charge on any atom is -0.394 e. The van der Waals surface area contributed by atoms with Crippen LogP contribution in [0.5, 0.6) is 0 Å². The molecule has 0 spiro atoms. The molecule has 5 heteroatoms. The normalized spacial score (nSPS) is 14.6. The molecule has 0 heterocycles. The molecular formula is C11H22N2O3. The molecule has 0 unspecified atom stereocenters. The van der Waals surface area contributed by atoms with Gasteiger partial charge in [-0.25, -0.2) is 0 Å². The number of primary amides is 1. The van der Waals surface area contributed by atoms with Gasteiger partial charge in [-0.05, 0) is 11.8 Å². The molecule has 0 saturated heterocycles. The number of aliphatic hydroxyl groups is 1.